The monoisotopic (exact) mass is 440 g/mol. The van der Waals surface area contributed by atoms with Gasteiger partial charge in [-0.15, -0.1) is 10.2 Å². The van der Waals surface area contributed by atoms with Gasteiger partial charge in [0.25, 0.3) is 5.56 Å². The summed E-state index contributed by atoms with van der Waals surface area (Å²) in [5.41, 5.74) is 4.40. The normalized spacial score (nSPS) is 11.2. The van der Waals surface area contributed by atoms with E-state index in [4.69, 9.17) is 9.40 Å². The fourth-order valence-electron chi connectivity index (χ4n) is 3.61. The number of nitrogens with zero attached hydrogens (tertiary/aromatic N) is 4. The van der Waals surface area contributed by atoms with Crippen LogP contribution in [0.15, 0.2) is 87.2 Å². The highest BCUT2D eigenvalue weighted by Gasteiger charge is 2.16. The maximum Gasteiger partial charge on any atom is 0.266 e. The van der Waals surface area contributed by atoms with Gasteiger partial charge in [0.2, 0.25) is 11.8 Å². The molecule has 158 valence electrons. The fraction of sp³-hybridized carbons (Fsp3) is 0.120. The van der Waals surface area contributed by atoms with Gasteiger partial charge in [-0.05, 0) is 49.7 Å². The zero-order chi connectivity index (χ0) is 22.1. The summed E-state index contributed by atoms with van der Waals surface area (Å²) in [6, 6.07) is 23.1. The van der Waals surface area contributed by atoms with Crippen LogP contribution in [0.25, 0.3) is 28.0 Å². The molecule has 0 radical (unpaired) electrons. The molecule has 0 spiro atoms. The Kier molecular flexibility index (Phi) is 5.33. The summed E-state index contributed by atoms with van der Waals surface area (Å²) in [4.78, 5) is 18.2. The van der Waals surface area contributed by atoms with Crippen molar-refractivity contribution in [1.82, 2.24) is 19.7 Å². The molecule has 2 aromatic heterocycles. The van der Waals surface area contributed by atoms with E-state index in [0.717, 1.165) is 22.4 Å². The molecule has 32 heavy (non-hydrogen) atoms. The lowest BCUT2D eigenvalue weighted by Gasteiger charge is -2.15. The first-order valence-corrected chi connectivity index (χ1v) is 11.2. The third-order valence-electron chi connectivity index (χ3n) is 5.15. The highest BCUT2D eigenvalue weighted by atomic mass is 32.2. The van der Waals surface area contributed by atoms with E-state index >= 15 is 0 Å². The molecule has 0 unspecified atom stereocenters. The van der Waals surface area contributed by atoms with Crippen LogP contribution in [-0.2, 0) is 5.75 Å². The van der Waals surface area contributed by atoms with E-state index in [1.807, 2.05) is 80.6 Å². The van der Waals surface area contributed by atoms with Crippen molar-refractivity contribution in [3.63, 3.8) is 0 Å². The Labute approximate surface area is 189 Å². The summed E-state index contributed by atoms with van der Waals surface area (Å²) in [5.74, 6) is 1.35. The van der Waals surface area contributed by atoms with Gasteiger partial charge in [-0.3, -0.25) is 9.36 Å². The van der Waals surface area contributed by atoms with Gasteiger partial charge in [0.05, 0.1) is 22.3 Å². The van der Waals surface area contributed by atoms with Crippen molar-refractivity contribution in [2.24, 2.45) is 0 Å². The molecule has 0 aliphatic carbocycles. The quantitative estimate of drug-likeness (QED) is 0.271. The summed E-state index contributed by atoms with van der Waals surface area (Å²) < 4.78 is 7.51. The predicted molar refractivity (Wildman–Crippen MR) is 126 cm³/mol. The Bertz CT molecular complexity index is 1470. The van der Waals surface area contributed by atoms with Crippen molar-refractivity contribution in [3.05, 3.63) is 100 Å². The first-order chi connectivity index (χ1) is 15.6. The van der Waals surface area contributed by atoms with Gasteiger partial charge in [-0.1, -0.05) is 59.8 Å². The minimum absolute atomic E-state index is 0.0967. The second kappa shape index (κ2) is 8.43. The van der Waals surface area contributed by atoms with Crippen molar-refractivity contribution in [2.75, 3.05) is 0 Å². The third-order valence-corrected chi connectivity index (χ3v) is 6.07. The number of para-hydroxylation sites is 1. The standard InChI is InChI=1S/C25H20N4O2S/c1-16-12-13-21(17(2)14-16)29-24(30)19-10-6-7-11-20(19)26-25(29)32-15-22-27-28-23(31-22)18-8-4-3-5-9-18/h3-14H,15H2,1-2H3. The summed E-state index contributed by atoms with van der Waals surface area (Å²) >= 11 is 1.40. The van der Waals surface area contributed by atoms with Gasteiger partial charge in [-0.25, -0.2) is 4.98 Å². The number of benzene rings is 3. The highest BCUT2D eigenvalue weighted by molar-refractivity contribution is 7.98. The average Bonchev–Trinajstić information content (AvgIpc) is 3.28. The Morgan fingerprint density at radius 2 is 1.72 bits per heavy atom. The van der Waals surface area contributed by atoms with E-state index in [9.17, 15) is 4.79 Å². The van der Waals surface area contributed by atoms with Crippen LogP contribution in [0, 0.1) is 13.8 Å². The largest absolute Gasteiger partial charge is 0.420 e. The van der Waals surface area contributed by atoms with Gasteiger partial charge in [0.1, 0.15) is 0 Å². The minimum Gasteiger partial charge on any atom is -0.420 e. The van der Waals surface area contributed by atoms with Crippen LogP contribution in [0.1, 0.15) is 17.0 Å². The summed E-state index contributed by atoms with van der Waals surface area (Å²) in [5, 5.41) is 9.49. The zero-order valence-electron chi connectivity index (χ0n) is 17.6. The van der Waals surface area contributed by atoms with Crippen molar-refractivity contribution in [3.8, 4) is 17.1 Å². The third kappa shape index (κ3) is 3.83. The molecule has 0 saturated carbocycles. The second-order valence-electron chi connectivity index (χ2n) is 7.50. The van der Waals surface area contributed by atoms with Crippen molar-refractivity contribution < 1.29 is 4.42 Å². The van der Waals surface area contributed by atoms with Gasteiger partial charge >= 0.3 is 0 Å². The van der Waals surface area contributed by atoms with E-state index in [1.54, 1.807) is 4.57 Å². The maximum atomic E-state index is 13.4. The van der Waals surface area contributed by atoms with Gasteiger partial charge in [-0.2, -0.15) is 0 Å². The molecule has 2 heterocycles. The van der Waals surface area contributed by atoms with Crippen molar-refractivity contribution in [2.45, 2.75) is 24.8 Å². The molecule has 0 fully saturated rings. The molecule has 7 heteroatoms. The molecular formula is C25H20N4O2S. The van der Waals surface area contributed by atoms with Gasteiger partial charge in [0.15, 0.2) is 5.16 Å². The van der Waals surface area contributed by atoms with E-state index in [2.05, 4.69) is 16.3 Å². The molecule has 0 N–H and O–H groups in total. The molecule has 3 aromatic carbocycles. The van der Waals surface area contributed by atoms with Crippen LogP contribution in [0.2, 0.25) is 0 Å². The van der Waals surface area contributed by atoms with Gasteiger partial charge in [0, 0.05) is 5.56 Å². The van der Waals surface area contributed by atoms with Crippen molar-refractivity contribution in [1.29, 1.82) is 0 Å². The molecule has 0 bridgehead atoms. The molecular weight excluding hydrogens is 420 g/mol. The molecule has 0 atom stereocenters. The number of thioether (sulfide) groups is 1. The van der Waals surface area contributed by atoms with Crippen LogP contribution in [-0.4, -0.2) is 19.7 Å². The van der Waals surface area contributed by atoms with Crippen LogP contribution in [0.3, 0.4) is 0 Å². The van der Waals surface area contributed by atoms with Crippen LogP contribution < -0.4 is 5.56 Å². The number of aromatic nitrogens is 4. The lowest BCUT2D eigenvalue weighted by atomic mass is 10.1. The number of hydrogen-bond acceptors (Lipinski definition) is 6. The second-order valence-corrected chi connectivity index (χ2v) is 8.44. The summed E-state index contributed by atoms with van der Waals surface area (Å²) in [6.07, 6.45) is 0. The summed E-state index contributed by atoms with van der Waals surface area (Å²) in [6.45, 7) is 4.04. The van der Waals surface area contributed by atoms with Crippen LogP contribution >= 0.6 is 11.8 Å². The first-order valence-electron chi connectivity index (χ1n) is 10.2. The van der Waals surface area contributed by atoms with E-state index in [0.29, 0.717) is 33.6 Å². The number of hydrogen-bond donors (Lipinski definition) is 0. The Morgan fingerprint density at radius 3 is 2.53 bits per heavy atom. The number of rotatable bonds is 5. The SMILES string of the molecule is Cc1ccc(-n2c(SCc3nnc(-c4ccccc4)o3)nc3ccccc3c2=O)c(C)c1. The lowest BCUT2D eigenvalue weighted by Crippen LogP contribution is -2.22. The van der Waals surface area contributed by atoms with E-state index in [-0.39, 0.29) is 5.56 Å². The summed E-state index contributed by atoms with van der Waals surface area (Å²) in [7, 11) is 0. The van der Waals surface area contributed by atoms with E-state index < -0.39 is 0 Å². The maximum absolute atomic E-state index is 13.4. The van der Waals surface area contributed by atoms with Gasteiger partial charge < -0.3 is 4.42 Å². The molecule has 5 aromatic rings. The minimum atomic E-state index is -0.0967. The molecule has 0 saturated heterocycles. The lowest BCUT2D eigenvalue weighted by molar-refractivity contribution is 0.528. The Balaban J connectivity index is 1.55. The highest BCUT2D eigenvalue weighted by Crippen LogP contribution is 2.27. The first kappa shape index (κ1) is 20.2. The molecule has 0 aliphatic rings. The molecule has 0 aliphatic heterocycles. The van der Waals surface area contributed by atoms with Crippen molar-refractivity contribution >= 4 is 22.7 Å². The van der Waals surface area contributed by atoms with Crippen LogP contribution in [0.4, 0.5) is 0 Å². The molecule has 5 rings (SSSR count). The number of fused-ring (bicyclic) bond motifs is 1. The Hall–Kier alpha value is -3.71. The zero-order valence-corrected chi connectivity index (χ0v) is 18.5. The molecule has 0 amide bonds. The predicted octanol–water partition coefficient (Wildman–Crippen LogP) is 5.34. The smallest absolute Gasteiger partial charge is 0.266 e. The number of aryl methyl sites for hydroxylation is 2. The fourth-order valence-corrected chi connectivity index (χ4v) is 4.46. The van der Waals surface area contributed by atoms with E-state index in [1.165, 1.54) is 11.8 Å². The average molecular weight is 441 g/mol. The molecule has 6 nitrogen and oxygen atoms in total. The van der Waals surface area contributed by atoms with Crippen LogP contribution in [0.5, 0.6) is 0 Å². The Morgan fingerprint density at radius 1 is 0.938 bits per heavy atom. The topological polar surface area (TPSA) is 73.8 Å².